The molecule has 2 rings (SSSR count). The van der Waals surface area contributed by atoms with Gasteiger partial charge in [0.1, 0.15) is 0 Å². The van der Waals surface area contributed by atoms with Crippen LogP contribution in [0.4, 0.5) is 0 Å². The summed E-state index contributed by atoms with van der Waals surface area (Å²) in [7, 11) is 0. The molecular weight excluding hydrogens is 264 g/mol. The van der Waals surface area contributed by atoms with Crippen LogP contribution in [0, 0.1) is 0 Å². The first-order valence-electron chi connectivity index (χ1n) is 6.50. The minimum Gasteiger partial charge on any atom is -0.481 e. The molecule has 1 fully saturated rings. The van der Waals surface area contributed by atoms with Crippen LogP contribution in [-0.4, -0.2) is 40.9 Å². The van der Waals surface area contributed by atoms with Crippen LogP contribution in [0.3, 0.4) is 0 Å². The van der Waals surface area contributed by atoms with Crippen LogP contribution < -0.4 is 5.32 Å². The fourth-order valence-corrected chi connectivity index (χ4v) is 2.15. The Labute approximate surface area is 116 Å². The minimum atomic E-state index is -0.976. The Bertz CT molecular complexity index is 503. The third-order valence-electron chi connectivity index (χ3n) is 3.32. The van der Waals surface area contributed by atoms with Gasteiger partial charge in [0, 0.05) is 12.7 Å². The molecule has 20 heavy (non-hydrogen) atoms. The summed E-state index contributed by atoms with van der Waals surface area (Å²) in [5.74, 6) is -1.19. The summed E-state index contributed by atoms with van der Waals surface area (Å²) >= 11 is 0. The highest BCUT2D eigenvalue weighted by Crippen LogP contribution is 2.24. The SMILES string of the molecule is CC(C)c1cc(C(=O)NC2(CC(=O)O)CCOC2)on1. The number of nitrogens with one attached hydrogen (secondary N) is 1. The maximum absolute atomic E-state index is 12.1. The molecule has 7 heteroatoms. The number of amides is 1. The number of ether oxygens (including phenoxy) is 1. The van der Waals surface area contributed by atoms with Crippen molar-refractivity contribution in [3.8, 4) is 0 Å². The fraction of sp³-hybridized carbons (Fsp3) is 0.615. The number of carbonyl (C=O) groups excluding carboxylic acids is 1. The lowest BCUT2D eigenvalue weighted by molar-refractivity contribution is -0.138. The number of carbonyl (C=O) groups is 2. The van der Waals surface area contributed by atoms with Crippen LogP contribution in [0.2, 0.25) is 0 Å². The van der Waals surface area contributed by atoms with Crippen LogP contribution in [0.15, 0.2) is 10.6 Å². The molecule has 110 valence electrons. The summed E-state index contributed by atoms with van der Waals surface area (Å²) in [6.45, 7) is 4.50. The van der Waals surface area contributed by atoms with E-state index < -0.39 is 17.4 Å². The summed E-state index contributed by atoms with van der Waals surface area (Å²) in [6.07, 6.45) is 0.292. The van der Waals surface area contributed by atoms with E-state index in [0.717, 1.165) is 0 Å². The second-order valence-corrected chi connectivity index (χ2v) is 5.38. The molecule has 0 aromatic carbocycles. The summed E-state index contributed by atoms with van der Waals surface area (Å²) in [5.41, 5.74) is -0.182. The van der Waals surface area contributed by atoms with Crippen LogP contribution in [0.25, 0.3) is 0 Å². The third-order valence-corrected chi connectivity index (χ3v) is 3.32. The van der Waals surface area contributed by atoms with Crippen LogP contribution in [0.1, 0.15) is 48.9 Å². The van der Waals surface area contributed by atoms with E-state index >= 15 is 0 Å². The highest BCUT2D eigenvalue weighted by atomic mass is 16.5. The number of rotatable bonds is 5. The number of aliphatic carboxylic acids is 1. The Morgan fingerprint density at radius 3 is 2.80 bits per heavy atom. The van der Waals surface area contributed by atoms with Crippen molar-refractivity contribution >= 4 is 11.9 Å². The Balaban J connectivity index is 2.09. The van der Waals surface area contributed by atoms with Crippen molar-refractivity contribution in [1.29, 1.82) is 0 Å². The number of carboxylic acid groups (broad SMARTS) is 1. The molecule has 1 aromatic rings. The Morgan fingerprint density at radius 1 is 1.55 bits per heavy atom. The maximum atomic E-state index is 12.1. The largest absolute Gasteiger partial charge is 0.481 e. The molecule has 0 bridgehead atoms. The summed E-state index contributed by atoms with van der Waals surface area (Å²) in [4.78, 5) is 23.1. The van der Waals surface area contributed by atoms with Crippen molar-refractivity contribution in [1.82, 2.24) is 10.5 Å². The zero-order valence-electron chi connectivity index (χ0n) is 11.5. The van der Waals surface area contributed by atoms with E-state index in [2.05, 4.69) is 10.5 Å². The molecular formula is C13H18N2O5. The van der Waals surface area contributed by atoms with Gasteiger partial charge in [-0.2, -0.15) is 0 Å². The molecule has 0 spiro atoms. The smallest absolute Gasteiger partial charge is 0.305 e. The van der Waals surface area contributed by atoms with Gasteiger partial charge in [-0.25, -0.2) is 0 Å². The zero-order chi connectivity index (χ0) is 14.8. The predicted octanol–water partition coefficient (Wildman–Crippen LogP) is 1.16. The monoisotopic (exact) mass is 282 g/mol. The molecule has 7 nitrogen and oxygen atoms in total. The van der Waals surface area contributed by atoms with Gasteiger partial charge < -0.3 is 19.7 Å². The summed E-state index contributed by atoms with van der Waals surface area (Å²) in [5, 5.41) is 15.5. The van der Waals surface area contributed by atoms with Gasteiger partial charge in [-0.3, -0.25) is 9.59 Å². The van der Waals surface area contributed by atoms with Gasteiger partial charge >= 0.3 is 5.97 Å². The van der Waals surface area contributed by atoms with E-state index in [9.17, 15) is 9.59 Å². The lowest BCUT2D eigenvalue weighted by Gasteiger charge is -2.26. The number of hydrogen-bond donors (Lipinski definition) is 2. The molecule has 0 saturated carbocycles. The Morgan fingerprint density at radius 2 is 2.30 bits per heavy atom. The van der Waals surface area contributed by atoms with Crippen molar-refractivity contribution in [3.63, 3.8) is 0 Å². The summed E-state index contributed by atoms with van der Waals surface area (Å²) < 4.78 is 10.2. The second-order valence-electron chi connectivity index (χ2n) is 5.38. The predicted molar refractivity (Wildman–Crippen MR) is 68.5 cm³/mol. The molecule has 0 radical (unpaired) electrons. The van der Waals surface area contributed by atoms with Gasteiger partial charge in [0.15, 0.2) is 0 Å². The molecule has 1 amide bonds. The molecule has 2 heterocycles. The highest BCUT2D eigenvalue weighted by molar-refractivity contribution is 5.92. The van der Waals surface area contributed by atoms with E-state index in [1.54, 1.807) is 6.07 Å². The van der Waals surface area contributed by atoms with Crippen molar-refractivity contribution in [2.45, 2.75) is 38.1 Å². The molecule has 1 unspecified atom stereocenters. The minimum absolute atomic E-state index is 0.0883. The first-order chi connectivity index (χ1) is 9.42. The molecule has 2 N–H and O–H groups in total. The second kappa shape index (κ2) is 5.62. The van der Waals surface area contributed by atoms with Crippen LogP contribution in [0.5, 0.6) is 0 Å². The topological polar surface area (TPSA) is 102 Å². The van der Waals surface area contributed by atoms with E-state index in [0.29, 0.717) is 18.7 Å². The van der Waals surface area contributed by atoms with Gasteiger partial charge in [-0.05, 0) is 12.3 Å². The average Bonchev–Trinajstić information content (AvgIpc) is 2.96. The van der Waals surface area contributed by atoms with Gasteiger partial charge in [-0.1, -0.05) is 19.0 Å². The quantitative estimate of drug-likeness (QED) is 0.840. The number of aromatic nitrogens is 1. The lowest BCUT2D eigenvalue weighted by Crippen LogP contribution is -2.50. The molecule has 0 aliphatic carbocycles. The maximum Gasteiger partial charge on any atom is 0.305 e. The molecule has 1 atom stereocenters. The standard InChI is InChI=1S/C13H18N2O5/c1-8(2)9-5-10(20-15-9)12(18)14-13(6-11(16)17)3-4-19-7-13/h5,8H,3-4,6-7H2,1-2H3,(H,14,18)(H,16,17). The van der Waals surface area contributed by atoms with Gasteiger partial charge in [-0.15, -0.1) is 0 Å². The van der Waals surface area contributed by atoms with Crippen LogP contribution >= 0.6 is 0 Å². The van der Waals surface area contributed by atoms with E-state index in [1.807, 2.05) is 13.8 Å². The van der Waals surface area contributed by atoms with Gasteiger partial charge in [0.2, 0.25) is 5.76 Å². The number of nitrogens with zero attached hydrogens (tertiary/aromatic N) is 1. The lowest BCUT2D eigenvalue weighted by atomic mass is 9.94. The van der Waals surface area contributed by atoms with Crippen molar-refractivity contribution < 1.29 is 24.0 Å². The number of hydrogen-bond acceptors (Lipinski definition) is 5. The zero-order valence-corrected chi connectivity index (χ0v) is 11.5. The van der Waals surface area contributed by atoms with Crippen molar-refractivity contribution in [3.05, 3.63) is 17.5 Å². The Hall–Kier alpha value is -1.89. The third kappa shape index (κ3) is 3.16. The summed E-state index contributed by atoms with van der Waals surface area (Å²) in [6, 6.07) is 1.57. The first-order valence-corrected chi connectivity index (χ1v) is 6.50. The molecule has 1 aliphatic heterocycles. The van der Waals surface area contributed by atoms with Gasteiger partial charge in [0.25, 0.3) is 5.91 Å². The van der Waals surface area contributed by atoms with Gasteiger partial charge in [0.05, 0.1) is 24.3 Å². The first kappa shape index (κ1) is 14.5. The van der Waals surface area contributed by atoms with E-state index in [-0.39, 0.29) is 24.7 Å². The highest BCUT2D eigenvalue weighted by Gasteiger charge is 2.39. The fourth-order valence-electron chi connectivity index (χ4n) is 2.15. The number of carboxylic acids is 1. The van der Waals surface area contributed by atoms with Crippen LogP contribution in [-0.2, 0) is 9.53 Å². The van der Waals surface area contributed by atoms with Crippen molar-refractivity contribution in [2.75, 3.05) is 13.2 Å². The molecule has 1 saturated heterocycles. The average molecular weight is 282 g/mol. The van der Waals surface area contributed by atoms with E-state index in [4.69, 9.17) is 14.4 Å². The normalized spacial score (nSPS) is 22.1. The van der Waals surface area contributed by atoms with Crippen molar-refractivity contribution in [2.24, 2.45) is 0 Å². The van der Waals surface area contributed by atoms with E-state index in [1.165, 1.54) is 0 Å². The Kier molecular flexibility index (Phi) is 4.08. The molecule has 1 aliphatic rings. The molecule has 1 aromatic heterocycles.